The van der Waals surface area contributed by atoms with Crippen molar-refractivity contribution in [3.63, 3.8) is 0 Å². The summed E-state index contributed by atoms with van der Waals surface area (Å²) in [5.41, 5.74) is 3.62. The van der Waals surface area contributed by atoms with Gasteiger partial charge < -0.3 is 19.9 Å². The van der Waals surface area contributed by atoms with Gasteiger partial charge in [0.15, 0.2) is 5.96 Å². The van der Waals surface area contributed by atoms with Gasteiger partial charge in [-0.3, -0.25) is 4.99 Å². The number of nitrogens with zero attached hydrogens (tertiary/aromatic N) is 3. The Morgan fingerprint density at radius 3 is 2.04 bits per heavy atom. The van der Waals surface area contributed by atoms with E-state index in [0.29, 0.717) is 13.1 Å². The van der Waals surface area contributed by atoms with Gasteiger partial charge in [0.05, 0.1) is 13.4 Å². The van der Waals surface area contributed by atoms with Crippen molar-refractivity contribution in [3.8, 4) is 5.75 Å². The molecule has 0 saturated heterocycles. The number of imidazole rings is 1. The van der Waals surface area contributed by atoms with Gasteiger partial charge in [0.1, 0.15) is 5.75 Å². The number of halogens is 1. The molecule has 0 fully saturated rings. The van der Waals surface area contributed by atoms with Crippen LogP contribution in [0.15, 0.2) is 72.2 Å². The fraction of sp³-hybridized carbons (Fsp3) is 0.238. The van der Waals surface area contributed by atoms with E-state index in [1.54, 1.807) is 20.4 Å². The number of aliphatic imine (C=N–C) groups is 1. The van der Waals surface area contributed by atoms with Crippen LogP contribution in [0.4, 0.5) is 0 Å². The van der Waals surface area contributed by atoms with Gasteiger partial charge in [0.25, 0.3) is 0 Å². The zero-order valence-corrected chi connectivity index (χ0v) is 18.5. The van der Waals surface area contributed by atoms with E-state index in [9.17, 15) is 0 Å². The molecule has 0 spiro atoms. The molecule has 3 aromatic rings. The minimum absolute atomic E-state index is 0. The Hall–Kier alpha value is -2.55. The topological polar surface area (TPSA) is 63.5 Å². The summed E-state index contributed by atoms with van der Waals surface area (Å²) in [6.07, 6.45) is 5.59. The Morgan fingerprint density at radius 2 is 1.54 bits per heavy atom. The molecule has 0 radical (unpaired) electrons. The average molecular weight is 491 g/mol. The molecule has 0 atom stereocenters. The van der Waals surface area contributed by atoms with Crippen molar-refractivity contribution < 1.29 is 4.74 Å². The van der Waals surface area contributed by atoms with Crippen molar-refractivity contribution in [2.45, 2.75) is 19.6 Å². The van der Waals surface area contributed by atoms with Crippen LogP contribution in [0.3, 0.4) is 0 Å². The van der Waals surface area contributed by atoms with E-state index in [0.717, 1.165) is 18.3 Å². The molecule has 0 aliphatic heterocycles. The van der Waals surface area contributed by atoms with Crippen LogP contribution in [-0.2, 0) is 19.6 Å². The maximum Gasteiger partial charge on any atom is 0.191 e. The summed E-state index contributed by atoms with van der Waals surface area (Å²) in [5.74, 6) is 1.63. The van der Waals surface area contributed by atoms with Crippen molar-refractivity contribution in [1.29, 1.82) is 0 Å². The van der Waals surface area contributed by atoms with Crippen LogP contribution < -0.4 is 15.4 Å². The highest BCUT2D eigenvalue weighted by Gasteiger charge is 2.01. The summed E-state index contributed by atoms with van der Waals surface area (Å²) >= 11 is 0. The summed E-state index contributed by atoms with van der Waals surface area (Å²) in [5, 5.41) is 6.66. The minimum Gasteiger partial charge on any atom is -0.497 e. The van der Waals surface area contributed by atoms with Crippen molar-refractivity contribution in [1.82, 2.24) is 20.2 Å². The number of benzene rings is 2. The number of hydrogen-bond donors (Lipinski definition) is 2. The van der Waals surface area contributed by atoms with E-state index >= 15 is 0 Å². The predicted molar refractivity (Wildman–Crippen MR) is 123 cm³/mol. The molecule has 2 aromatic carbocycles. The molecule has 0 amide bonds. The molecule has 1 aromatic heterocycles. The van der Waals surface area contributed by atoms with E-state index in [4.69, 9.17) is 4.74 Å². The molecule has 28 heavy (non-hydrogen) atoms. The van der Waals surface area contributed by atoms with Gasteiger partial charge in [-0.15, -0.1) is 24.0 Å². The second-order valence-corrected chi connectivity index (χ2v) is 6.18. The van der Waals surface area contributed by atoms with E-state index in [-0.39, 0.29) is 24.0 Å². The van der Waals surface area contributed by atoms with Crippen LogP contribution in [0.1, 0.15) is 16.7 Å². The van der Waals surface area contributed by atoms with Crippen LogP contribution in [-0.4, -0.2) is 29.7 Å². The van der Waals surface area contributed by atoms with Crippen LogP contribution in [0.2, 0.25) is 0 Å². The molecule has 2 N–H and O–H groups in total. The third-order valence-corrected chi connectivity index (χ3v) is 4.25. The summed E-state index contributed by atoms with van der Waals surface area (Å²) < 4.78 is 7.23. The maximum atomic E-state index is 5.18. The smallest absolute Gasteiger partial charge is 0.191 e. The van der Waals surface area contributed by atoms with Gasteiger partial charge in [-0.05, 0) is 28.8 Å². The number of nitrogens with one attached hydrogen (secondary N) is 2. The second kappa shape index (κ2) is 11.3. The Balaban J connectivity index is 0.00000280. The molecule has 148 valence electrons. The minimum atomic E-state index is 0. The third kappa shape index (κ3) is 6.56. The molecular weight excluding hydrogens is 465 g/mol. The van der Waals surface area contributed by atoms with Gasteiger partial charge in [-0.2, -0.15) is 0 Å². The normalized spacial score (nSPS) is 10.9. The lowest BCUT2D eigenvalue weighted by Gasteiger charge is -2.12. The summed E-state index contributed by atoms with van der Waals surface area (Å²) in [6.45, 7) is 2.25. The van der Waals surface area contributed by atoms with Crippen LogP contribution >= 0.6 is 24.0 Å². The highest BCUT2D eigenvalue weighted by Crippen LogP contribution is 2.11. The summed E-state index contributed by atoms with van der Waals surface area (Å²) in [4.78, 5) is 8.35. The standard InChI is InChI=1S/C21H25N5O.HI/c1-22-21(25-14-18-7-9-20(27-2)10-8-18)24-13-17-3-5-19(6-4-17)15-26-12-11-23-16-26;/h3-12,16H,13-15H2,1-2H3,(H2,22,24,25);1H. The van der Waals surface area contributed by atoms with Crippen LogP contribution in [0, 0.1) is 0 Å². The molecule has 3 rings (SSSR count). The molecular formula is C21H26IN5O. The number of ether oxygens (including phenoxy) is 1. The highest BCUT2D eigenvalue weighted by molar-refractivity contribution is 14.0. The largest absolute Gasteiger partial charge is 0.497 e. The van der Waals surface area contributed by atoms with Crippen LogP contribution in [0.5, 0.6) is 5.75 Å². The first kappa shape index (κ1) is 21.7. The summed E-state index contributed by atoms with van der Waals surface area (Å²) in [6, 6.07) is 16.6. The zero-order valence-electron chi connectivity index (χ0n) is 16.1. The Morgan fingerprint density at radius 1 is 0.964 bits per heavy atom. The number of hydrogen-bond acceptors (Lipinski definition) is 3. The van der Waals surface area contributed by atoms with Gasteiger partial charge in [0, 0.05) is 39.1 Å². The molecule has 6 nitrogen and oxygen atoms in total. The van der Waals surface area contributed by atoms with E-state index in [2.05, 4.69) is 49.4 Å². The average Bonchev–Trinajstić information content (AvgIpc) is 3.23. The Labute approximate surface area is 183 Å². The Bertz CT molecular complexity index is 846. The van der Waals surface area contributed by atoms with E-state index < -0.39 is 0 Å². The lowest BCUT2D eigenvalue weighted by molar-refractivity contribution is 0.414. The first-order valence-electron chi connectivity index (χ1n) is 8.88. The maximum absolute atomic E-state index is 5.18. The van der Waals surface area contributed by atoms with Crippen molar-refractivity contribution in [3.05, 3.63) is 83.9 Å². The molecule has 7 heteroatoms. The van der Waals surface area contributed by atoms with Crippen molar-refractivity contribution >= 4 is 29.9 Å². The molecule has 0 aliphatic carbocycles. The Kier molecular flexibility index (Phi) is 8.80. The molecule has 0 unspecified atom stereocenters. The fourth-order valence-electron chi connectivity index (χ4n) is 2.69. The lowest BCUT2D eigenvalue weighted by Crippen LogP contribution is -2.36. The van der Waals surface area contributed by atoms with Crippen molar-refractivity contribution in [2.75, 3.05) is 14.2 Å². The molecule has 0 bridgehead atoms. The molecule has 1 heterocycles. The van der Waals surface area contributed by atoms with Gasteiger partial charge >= 0.3 is 0 Å². The highest BCUT2D eigenvalue weighted by atomic mass is 127. The number of methoxy groups -OCH3 is 1. The first-order valence-corrected chi connectivity index (χ1v) is 8.88. The van der Waals surface area contributed by atoms with Crippen LogP contribution in [0.25, 0.3) is 0 Å². The number of aromatic nitrogens is 2. The quantitative estimate of drug-likeness (QED) is 0.302. The lowest BCUT2D eigenvalue weighted by atomic mass is 10.1. The van der Waals surface area contributed by atoms with E-state index in [1.807, 2.05) is 36.8 Å². The molecule has 0 aliphatic rings. The SMILES string of the molecule is CN=C(NCc1ccc(Cn2ccnc2)cc1)NCc1ccc(OC)cc1.I. The van der Waals surface area contributed by atoms with Gasteiger partial charge in [-0.25, -0.2) is 4.98 Å². The van der Waals surface area contributed by atoms with Gasteiger partial charge in [0.2, 0.25) is 0 Å². The van der Waals surface area contributed by atoms with Gasteiger partial charge in [-0.1, -0.05) is 36.4 Å². The third-order valence-electron chi connectivity index (χ3n) is 4.25. The second-order valence-electron chi connectivity index (χ2n) is 6.18. The fourth-order valence-corrected chi connectivity index (χ4v) is 2.69. The number of rotatable bonds is 7. The van der Waals surface area contributed by atoms with E-state index in [1.165, 1.54) is 16.7 Å². The first-order chi connectivity index (χ1) is 13.3. The monoisotopic (exact) mass is 491 g/mol. The van der Waals surface area contributed by atoms with Crippen molar-refractivity contribution in [2.24, 2.45) is 4.99 Å². The molecule has 0 saturated carbocycles. The predicted octanol–water partition coefficient (Wildman–Crippen LogP) is 3.42. The number of guanidine groups is 1. The summed E-state index contributed by atoms with van der Waals surface area (Å²) in [7, 11) is 3.45. The zero-order chi connectivity index (χ0) is 18.9.